The summed E-state index contributed by atoms with van der Waals surface area (Å²) >= 11 is 6.09. The molecule has 1 atom stereocenters. The van der Waals surface area contributed by atoms with E-state index in [4.69, 9.17) is 11.6 Å². The molecule has 1 aromatic rings. The number of anilines is 1. The van der Waals surface area contributed by atoms with E-state index in [0.29, 0.717) is 34.9 Å². The smallest absolute Gasteiger partial charge is 0.244 e. The summed E-state index contributed by atoms with van der Waals surface area (Å²) in [5, 5.41) is 3.78. The van der Waals surface area contributed by atoms with Crippen molar-refractivity contribution >= 4 is 33.2 Å². The summed E-state index contributed by atoms with van der Waals surface area (Å²) < 4.78 is 26.5. The predicted molar refractivity (Wildman–Crippen MR) is 112 cm³/mol. The minimum Gasteiger partial charge on any atom is -0.349 e. The first-order chi connectivity index (χ1) is 13.2. The Morgan fingerprint density at radius 3 is 2.25 bits per heavy atom. The summed E-state index contributed by atoms with van der Waals surface area (Å²) in [5.74, 6) is 1.96. The molecule has 0 saturated heterocycles. The second-order valence-electron chi connectivity index (χ2n) is 9.15. The maximum absolute atomic E-state index is 13.4. The molecule has 0 radical (unpaired) electrons. The molecule has 0 spiro atoms. The Kier molecular flexibility index (Phi) is 5.15. The lowest BCUT2D eigenvalue weighted by atomic mass is 9.53. The van der Waals surface area contributed by atoms with Crippen molar-refractivity contribution in [3.05, 3.63) is 29.3 Å². The number of halogens is 1. The lowest BCUT2D eigenvalue weighted by Gasteiger charge is -2.57. The fraction of sp³-hybridized carbons (Fsp3) is 0.667. The third kappa shape index (κ3) is 3.78. The number of benzene rings is 1. The highest BCUT2D eigenvalue weighted by molar-refractivity contribution is 7.92. The van der Waals surface area contributed by atoms with Gasteiger partial charge in [0.2, 0.25) is 15.9 Å². The molecule has 4 bridgehead atoms. The van der Waals surface area contributed by atoms with E-state index in [-0.39, 0.29) is 11.4 Å². The van der Waals surface area contributed by atoms with Gasteiger partial charge in [-0.3, -0.25) is 9.10 Å². The number of nitrogens with one attached hydrogen (secondary N) is 1. The lowest BCUT2D eigenvalue weighted by Crippen LogP contribution is -2.63. The van der Waals surface area contributed by atoms with Gasteiger partial charge < -0.3 is 5.32 Å². The molecule has 154 valence electrons. The fourth-order valence-electron chi connectivity index (χ4n) is 6.28. The first-order valence-electron chi connectivity index (χ1n) is 10.3. The van der Waals surface area contributed by atoms with Crippen LogP contribution in [0.2, 0.25) is 5.02 Å². The van der Waals surface area contributed by atoms with E-state index in [1.807, 2.05) is 6.92 Å². The van der Waals surface area contributed by atoms with E-state index in [2.05, 4.69) is 5.32 Å². The molecule has 28 heavy (non-hydrogen) atoms. The van der Waals surface area contributed by atoms with Crippen molar-refractivity contribution in [2.45, 2.75) is 63.5 Å². The van der Waals surface area contributed by atoms with Crippen molar-refractivity contribution < 1.29 is 13.2 Å². The number of hydrogen-bond donors (Lipinski definition) is 1. The van der Waals surface area contributed by atoms with Crippen LogP contribution in [-0.4, -0.2) is 32.2 Å². The number of sulfonamides is 1. The van der Waals surface area contributed by atoms with Gasteiger partial charge in [-0.25, -0.2) is 8.42 Å². The summed E-state index contributed by atoms with van der Waals surface area (Å²) in [5.41, 5.74) is 0.291. The van der Waals surface area contributed by atoms with Gasteiger partial charge in [0.25, 0.3) is 0 Å². The number of hydrogen-bond acceptors (Lipinski definition) is 3. The molecule has 4 fully saturated rings. The Labute approximate surface area is 172 Å². The van der Waals surface area contributed by atoms with E-state index in [1.54, 1.807) is 24.3 Å². The minimum atomic E-state index is -3.64. The van der Waals surface area contributed by atoms with Crippen molar-refractivity contribution in [1.82, 2.24) is 5.32 Å². The summed E-state index contributed by atoms with van der Waals surface area (Å²) in [6.45, 7) is 1.85. The van der Waals surface area contributed by atoms with Gasteiger partial charge in [-0.05, 0) is 80.9 Å². The normalized spacial score (nSPS) is 32.2. The minimum absolute atomic E-state index is 0.142. The highest BCUT2D eigenvalue weighted by Crippen LogP contribution is 2.55. The molecular formula is C21H29ClN2O3S. The maximum atomic E-state index is 13.4. The third-order valence-corrected chi connectivity index (χ3v) is 8.23. The van der Waals surface area contributed by atoms with Crippen LogP contribution in [0.4, 0.5) is 5.69 Å². The van der Waals surface area contributed by atoms with Crippen molar-refractivity contribution in [2.75, 3.05) is 10.6 Å². The van der Waals surface area contributed by atoms with E-state index >= 15 is 0 Å². The molecular weight excluding hydrogens is 396 g/mol. The highest BCUT2D eigenvalue weighted by Gasteiger charge is 2.52. The van der Waals surface area contributed by atoms with E-state index < -0.39 is 16.1 Å². The van der Waals surface area contributed by atoms with Crippen LogP contribution in [0.25, 0.3) is 0 Å². The van der Waals surface area contributed by atoms with Gasteiger partial charge in [0.15, 0.2) is 0 Å². The average molecular weight is 425 g/mol. The van der Waals surface area contributed by atoms with E-state index in [9.17, 15) is 13.2 Å². The molecule has 5 rings (SSSR count). The molecule has 4 aliphatic carbocycles. The van der Waals surface area contributed by atoms with E-state index in [1.165, 1.54) is 23.6 Å². The molecule has 4 aliphatic rings. The van der Waals surface area contributed by atoms with Crippen LogP contribution in [0, 0.1) is 17.8 Å². The van der Waals surface area contributed by atoms with Gasteiger partial charge in [-0.1, -0.05) is 24.6 Å². The third-order valence-electron chi connectivity index (χ3n) is 6.82. The quantitative estimate of drug-likeness (QED) is 0.751. The summed E-state index contributed by atoms with van der Waals surface area (Å²) in [6.07, 6.45) is 8.55. The van der Waals surface area contributed by atoms with Crippen molar-refractivity contribution in [3.8, 4) is 0 Å². The van der Waals surface area contributed by atoms with Crippen LogP contribution in [0.15, 0.2) is 24.3 Å². The van der Waals surface area contributed by atoms with Crippen LogP contribution >= 0.6 is 11.6 Å². The molecule has 1 amide bonds. The number of carbonyl (C=O) groups excluding carboxylic acids is 1. The van der Waals surface area contributed by atoms with Gasteiger partial charge in [-0.15, -0.1) is 0 Å². The average Bonchev–Trinajstić information content (AvgIpc) is 2.56. The number of carbonyl (C=O) groups is 1. The van der Waals surface area contributed by atoms with Gasteiger partial charge in [0, 0.05) is 10.6 Å². The zero-order valence-electron chi connectivity index (χ0n) is 16.5. The molecule has 0 heterocycles. The maximum Gasteiger partial charge on any atom is 0.244 e. The zero-order valence-corrected chi connectivity index (χ0v) is 18.1. The molecule has 1 N–H and O–H groups in total. The van der Waals surface area contributed by atoms with Crippen molar-refractivity contribution in [3.63, 3.8) is 0 Å². The second-order valence-corrected chi connectivity index (χ2v) is 11.4. The van der Waals surface area contributed by atoms with Crippen molar-refractivity contribution in [2.24, 2.45) is 17.8 Å². The number of rotatable bonds is 6. The predicted octanol–water partition coefficient (Wildman–Crippen LogP) is 3.97. The Bertz CT molecular complexity index is 835. The fourth-order valence-corrected chi connectivity index (χ4v) is 7.67. The molecule has 7 heteroatoms. The van der Waals surface area contributed by atoms with Crippen molar-refractivity contribution in [1.29, 1.82) is 0 Å². The summed E-state index contributed by atoms with van der Waals surface area (Å²) in [4.78, 5) is 13.4. The van der Waals surface area contributed by atoms with E-state index in [0.717, 1.165) is 25.5 Å². The molecule has 0 aliphatic heterocycles. The van der Waals surface area contributed by atoms with Crippen LogP contribution in [0.1, 0.15) is 51.9 Å². The summed E-state index contributed by atoms with van der Waals surface area (Å²) in [6, 6.07) is 5.92. The Hall–Kier alpha value is -1.27. The SMILES string of the molecule is CCC(C(=O)NC12CC3CC(CC(C3)C1)C2)N(c1cccc(Cl)c1)S(C)(=O)=O. The van der Waals surface area contributed by atoms with Crippen LogP contribution in [0.3, 0.4) is 0 Å². The molecule has 5 nitrogen and oxygen atoms in total. The van der Waals surface area contributed by atoms with Gasteiger partial charge in [-0.2, -0.15) is 0 Å². The lowest BCUT2D eigenvalue weighted by molar-refractivity contribution is -0.128. The molecule has 0 aromatic heterocycles. The number of nitrogens with zero attached hydrogens (tertiary/aromatic N) is 1. The van der Waals surface area contributed by atoms with Crippen LogP contribution in [-0.2, 0) is 14.8 Å². The van der Waals surface area contributed by atoms with Crippen LogP contribution in [0.5, 0.6) is 0 Å². The standard InChI is InChI=1S/C21H29ClN2O3S/c1-3-19(24(28(2,26)27)18-6-4-5-17(22)10-18)20(25)23-21-11-14-7-15(12-21)9-16(8-14)13-21/h4-6,10,14-16,19H,3,7-9,11-13H2,1-2H3,(H,23,25). The van der Waals surface area contributed by atoms with Crippen LogP contribution < -0.4 is 9.62 Å². The summed E-state index contributed by atoms with van der Waals surface area (Å²) in [7, 11) is -3.64. The molecule has 4 saturated carbocycles. The molecule has 1 aromatic carbocycles. The highest BCUT2D eigenvalue weighted by atomic mass is 35.5. The Morgan fingerprint density at radius 1 is 1.21 bits per heavy atom. The molecule has 1 unspecified atom stereocenters. The van der Waals surface area contributed by atoms with Gasteiger partial charge in [0.1, 0.15) is 6.04 Å². The first-order valence-corrected chi connectivity index (χ1v) is 12.5. The first kappa shape index (κ1) is 20.0. The number of amides is 1. The largest absolute Gasteiger partial charge is 0.349 e. The van der Waals surface area contributed by atoms with Gasteiger partial charge in [0.05, 0.1) is 11.9 Å². The second kappa shape index (κ2) is 7.21. The topological polar surface area (TPSA) is 66.5 Å². The Balaban J connectivity index is 1.60. The zero-order chi connectivity index (χ0) is 20.1. The Morgan fingerprint density at radius 2 is 1.79 bits per heavy atom. The monoisotopic (exact) mass is 424 g/mol. The van der Waals surface area contributed by atoms with Gasteiger partial charge >= 0.3 is 0 Å².